The van der Waals surface area contributed by atoms with Gasteiger partial charge in [-0.25, -0.2) is 0 Å². The molecule has 2 nitrogen and oxygen atoms in total. The Morgan fingerprint density at radius 2 is 1.61 bits per heavy atom. The highest BCUT2D eigenvalue weighted by Gasteiger charge is 2.48. The Kier molecular flexibility index (Phi) is 7.91. The Morgan fingerprint density at radius 3 is 2.37 bits per heavy atom. The number of alkyl halides is 3. The van der Waals surface area contributed by atoms with E-state index in [9.17, 15) is 13.2 Å². The maximum atomic E-state index is 13.8. The number of hydrogen-bond donors (Lipinski definition) is 0. The molecule has 1 saturated carbocycles. The molecule has 0 N–H and O–H groups in total. The standard InChI is InChI=1S/C40H40F3N2S/c1-38(2)33-27-29(40(41,42)43)20-22-34(33)45(25-26-46-30-14-6-4-7-15-30)35(38)17-12-18-36-39(23-10-5-11-24-39)32-21-19-28-13-8-9-16-31(28)37(32)44(36)3/h4,6-9,12-22,27H,5,10-11,23-26H2,1-3H3/q+1. The summed E-state index contributed by atoms with van der Waals surface area (Å²) in [4.78, 5) is 3.58. The molecule has 46 heavy (non-hydrogen) atoms. The molecule has 3 aliphatic rings. The summed E-state index contributed by atoms with van der Waals surface area (Å²) >= 11 is 1.77. The second-order valence-corrected chi connectivity index (χ2v) is 14.5. The number of likely N-dealkylation sites (N-methyl/N-ethyl adjacent to an activating group) is 1. The van der Waals surface area contributed by atoms with Crippen molar-refractivity contribution in [3.05, 3.63) is 126 Å². The van der Waals surface area contributed by atoms with E-state index in [0.29, 0.717) is 6.54 Å². The number of thioether (sulfide) groups is 1. The summed E-state index contributed by atoms with van der Waals surface area (Å²) < 4.78 is 43.7. The molecule has 0 bridgehead atoms. The number of anilines is 1. The van der Waals surface area contributed by atoms with Crippen molar-refractivity contribution < 1.29 is 17.7 Å². The van der Waals surface area contributed by atoms with E-state index in [4.69, 9.17) is 0 Å². The lowest BCUT2D eigenvalue weighted by Gasteiger charge is -2.36. The van der Waals surface area contributed by atoms with Gasteiger partial charge in [0.15, 0.2) is 12.3 Å². The molecule has 2 heterocycles. The number of fused-ring (bicyclic) bond motifs is 5. The highest BCUT2D eigenvalue weighted by molar-refractivity contribution is 7.99. The van der Waals surface area contributed by atoms with Gasteiger partial charge < -0.3 is 4.90 Å². The first-order valence-corrected chi connectivity index (χ1v) is 17.3. The fourth-order valence-corrected chi connectivity index (χ4v) is 8.99. The zero-order valence-electron chi connectivity index (χ0n) is 26.7. The second kappa shape index (κ2) is 11.8. The van der Waals surface area contributed by atoms with Gasteiger partial charge in [0, 0.05) is 46.1 Å². The summed E-state index contributed by atoms with van der Waals surface area (Å²) in [6.07, 6.45) is 8.12. The molecule has 6 heteroatoms. The molecular weight excluding hydrogens is 598 g/mol. The largest absolute Gasteiger partial charge is 0.416 e. The number of benzene rings is 4. The third kappa shape index (κ3) is 5.19. The Labute approximate surface area is 274 Å². The van der Waals surface area contributed by atoms with Crippen molar-refractivity contribution in [2.45, 2.75) is 67.9 Å². The molecule has 1 fully saturated rings. The predicted molar refractivity (Wildman–Crippen MR) is 186 cm³/mol. The van der Waals surface area contributed by atoms with Crippen LogP contribution in [-0.2, 0) is 17.0 Å². The minimum Gasteiger partial charge on any atom is -0.347 e. The zero-order valence-corrected chi connectivity index (χ0v) is 27.5. The zero-order chi connectivity index (χ0) is 32.1. The molecular formula is C40H40F3N2S+. The molecule has 0 aromatic heterocycles. The van der Waals surface area contributed by atoms with Crippen molar-refractivity contribution >= 4 is 39.6 Å². The molecule has 0 atom stereocenters. The first kappa shape index (κ1) is 30.9. The van der Waals surface area contributed by atoms with Crippen LogP contribution in [0.25, 0.3) is 10.8 Å². The van der Waals surface area contributed by atoms with Crippen molar-refractivity contribution in [2.24, 2.45) is 0 Å². The van der Waals surface area contributed by atoms with Crippen LogP contribution < -0.4 is 4.90 Å². The molecule has 7 rings (SSSR count). The van der Waals surface area contributed by atoms with Crippen molar-refractivity contribution in [3.63, 3.8) is 0 Å². The molecule has 0 radical (unpaired) electrons. The van der Waals surface area contributed by atoms with E-state index in [1.807, 2.05) is 18.2 Å². The van der Waals surface area contributed by atoms with Gasteiger partial charge in [-0.3, -0.25) is 0 Å². The van der Waals surface area contributed by atoms with Gasteiger partial charge >= 0.3 is 6.18 Å². The average molecular weight is 638 g/mol. The first-order valence-electron chi connectivity index (χ1n) is 16.3. The Bertz CT molecular complexity index is 1880. The van der Waals surface area contributed by atoms with Crippen molar-refractivity contribution in [3.8, 4) is 0 Å². The lowest BCUT2D eigenvalue weighted by Crippen LogP contribution is -2.32. The summed E-state index contributed by atoms with van der Waals surface area (Å²) in [5.74, 6) is 0.813. The Balaban J connectivity index is 1.29. The van der Waals surface area contributed by atoms with E-state index in [0.717, 1.165) is 35.6 Å². The number of halogens is 3. The van der Waals surface area contributed by atoms with Crippen molar-refractivity contribution in [2.75, 3.05) is 24.2 Å². The van der Waals surface area contributed by atoms with Crippen LogP contribution in [0.4, 0.5) is 24.5 Å². The third-order valence-corrected chi connectivity index (χ3v) is 11.4. The van der Waals surface area contributed by atoms with Gasteiger partial charge in [0.25, 0.3) is 0 Å². The molecule has 1 aliphatic carbocycles. The lowest BCUT2D eigenvalue weighted by molar-refractivity contribution is -0.431. The smallest absolute Gasteiger partial charge is 0.347 e. The van der Waals surface area contributed by atoms with Gasteiger partial charge in [-0.15, -0.1) is 11.8 Å². The average Bonchev–Trinajstić information content (AvgIpc) is 3.41. The van der Waals surface area contributed by atoms with Gasteiger partial charge in [-0.1, -0.05) is 79.9 Å². The van der Waals surface area contributed by atoms with Crippen LogP contribution in [0, 0.1) is 0 Å². The summed E-state index contributed by atoms with van der Waals surface area (Å²) in [5, 5.41) is 2.53. The number of rotatable bonds is 6. The maximum Gasteiger partial charge on any atom is 0.416 e. The summed E-state index contributed by atoms with van der Waals surface area (Å²) in [7, 11) is 2.20. The SMILES string of the molecule is CN1/C(=C/C=C/C2=[N+](CCSc3ccccc3)c3ccc(C(F)(F)F)cc3C2(C)C)C2(CCCCC2)c2ccc3ccccc3c21. The first-order chi connectivity index (χ1) is 22.1. The summed E-state index contributed by atoms with van der Waals surface area (Å²) in [6, 6.07) is 27.8. The molecule has 4 aromatic rings. The highest BCUT2D eigenvalue weighted by atomic mass is 32.2. The minimum absolute atomic E-state index is 0.0247. The number of nitrogens with zero attached hydrogens (tertiary/aromatic N) is 2. The number of allylic oxidation sites excluding steroid dienone is 4. The molecule has 1 spiro atoms. The van der Waals surface area contributed by atoms with Crippen LogP contribution in [0.15, 0.2) is 114 Å². The highest BCUT2D eigenvalue weighted by Crippen LogP contribution is 2.56. The minimum atomic E-state index is -4.39. The van der Waals surface area contributed by atoms with E-state index in [-0.39, 0.29) is 5.41 Å². The van der Waals surface area contributed by atoms with E-state index in [2.05, 4.69) is 97.1 Å². The van der Waals surface area contributed by atoms with Gasteiger partial charge in [-0.05, 0) is 68.0 Å². The fraction of sp³-hybridized carbons (Fsp3) is 0.325. The van der Waals surface area contributed by atoms with E-state index >= 15 is 0 Å². The molecule has 0 unspecified atom stereocenters. The van der Waals surface area contributed by atoms with E-state index in [1.165, 1.54) is 64.0 Å². The van der Waals surface area contributed by atoms with Crippen LogP contribution in [0.1, 0.15) is 62.6 Å². The Hall–Kier alpha value is -3.77. The molecule has 236 valence electrons. The van der Waals surface area contributed by atoms with Crippen molar-refractivity contribution in [1.82, 2.24) is 0 Å². The third-order valence-electron chi connectivity index (χ3n) is 10.4. The van der Waals surface area contributed by atoms with Crippen LogP contribution >= 0.6 is 11.8 Å². The number of hydrogen-bond acceptors (Lipinski definition) is 2. The Morgan fingerprint density at radius 1 is 0.870 bits per heavy atom. The fourth-order valence-electron chi connectivity index (χ4n) is 8.13. The maximum absolute atomic E-state index is 13.8. The quantitative estimate of drug-likeness (QED) is 0.153. The van der Waals surface area contributed by atoms with E-state index in [1.54, 1.807) is 17.8 Å². The van der Waals surface area contributed by atoms with E-state index < -0.39 is 17.2 Å². The normalized spacial score (nSPS) is 19.5. The van der Waals surface area contributed by atoms with Crippen molar-refractivity contribution in [1.29, 1.82) is 0 Å². The van der Waals surface area contributed by atoms with Gasteiger partial charge in [0.1, 0.15) is 0 Å². The predicted octanol–water partition coefficient (Wildman–Crippen LogP) is 10.8. The molecule has 0 saturated heterocycles. The lowest BCUT2D eigenvalue weighted by atomic mass is 9.68. The van der Waals surface area contributed by atoms with Gasteiger partial charge in [0.2, 0.25) is 5.69 Å². The monoisotopic (exact) mass is 637 g/mol. The molecule has 4 aromatic carbocycles. The van der Waals surface area contributed by atoms with Crippen LogP contribution in [0.2, 0.25) is 0 Å². The molecule has 2 aliphatic heterocycles. The van der Waals surface area contributed by atoms with Crippen LogP contribution in [0.5, 0.6) is 0 Å². The molecule has 0 amide bonds. The summed E-state index contributed by atoms with van der Waals surface area (Å²) in [6.45, 7) is 4.80. The van der Waals surface area contributed by atoms with Crippen LogP contribution in [0.3, 0.4) is 0 Å². The second-order valence-electron chi connectivity index (χ2n) is 13.3. The topological polar surface area (TPSA) is 6.25 Å². The van der Waals surface area contributed by atoms with Gasteiger partial charge in [-0.2, -0.15) is 17.7 Å². The van der Waals surface area contributed by atoms with Crippen LogP contribution in [-0.4, -0.2) is 29.6 Å². The van der Waals surface area contributed by atoms with Gasteiger partial charge in [0.05, 0.1) is 22.4 Å². The summed E-state index contributed by atoms with van der Waals surface area (Å²) in [5.41, 5.74) is 5.44.